The number of aliphatic hydroxyl groups is 1. The molecule has 1 saturated carbocycles. The maximum absolute atomic E-state index is 9.83. The topological polar surface area (TPSA) is 55.5 Å². The van der Waals surface area contributed by atoms with Crippen molar-refractivity contribution in [3.63, 3.8) is 0 Å². The Hall–Kier alpha value is -1.06. The van der Waals surface area contributed by atoms with Crippen LogP contribution in [0.25, 0.3) is 0 Å². The highest BCUT2D eigenvalue weighted by molar-refractivity contribution is 5.37. The van der Waals surface area contributed by atoms with Crippen LogP contribution in [0, 0.1) is 18.3 Å². The van der Waals surface area contributed by atoms with Crippen LogP contribution in [0.3, 0.4) is 0 Å². The summed E-state index contributed by atoms with van der Waals surface area (Å²) in [6.07, 6.45) is 4.39. The summed E-state index contributed by atoms with van der Waals surface area (Å²) in [7, 11) is 1.69. The van der Waals surface area contributed by atoms with Crippen molar-refractivity contribution in [2.75, 3.05) is 20.3 Å². The zero-order valence-electron chi connectivity index (χ0n) is 12.0. The number of benzene rings is 1. The van der Waals surface area contributed by atoms with E-state index in [1.165, 1.54) is 18.4 Å². The summed E-state index contributed by atoms with van der Waals surface area (Å²) in [4.78, 5) is 0. The van der Waals surface area contributed by atoms with Crippen LogP contribution in [0.5, 0.6) is 5.75 Å². The molecule has 0 saturated heterocycles. The van der Waals surface area contributed by atoms with Crippen LogP contribution in [-0.2, 0) is 6.42 Å². The van der Waals surface area contributed by atoms with E-state index in [0.717, 1.165) is 30.1 Å². The fourth-order valence-corrected chi connectivity index (χ4v) is 2.80. The van der Waals surface area contributed by atoms with E-state index in [0.29, 0.717) is 6.54 Å². The van der Waals surface area contributed by atoms with E-state index < -0.39 is 0 Å². The number of aliphatic hydroxyl groups excluding tert-OH is 1. The molecule has 1 aromatic carbocycles. The Bertz CT molecular complexity index is 423. The Morgan fingerprint density at radius 2 is 2.16 bits per heavy atom. The molecule has 1 atom stereocenters. The van der Waals surface area contributed by atoms with Crippen molar-refractivity contribution in [1.29, 1.82) is 0 Å². The molecule has 106 valence electrons. The average molecular weight is 263 g/mol. The molecule has 3 heteroatoms. The Morgan fingerprint density at radius 1 is 1.42 bits per heavy atom. The number of hydrogen-bond donors (Lipinski definition) is 2. The molecule has 0 radical (unpaired) electrons. The molecule has 0 aromatic heterocycles. The number of ether oxygens (including phenoxy) is 1. The van der Waals surface area contributed by atoms with Crippen molar-refractivity contribution >= 4 is 0 Å². The fourth-order valence-electron chi connectivity index (χ4n) is 2.80. The quantitative estimate of drug-likeness (QED) is 0.793. The summed E-state index contributed by atoms with van der Waals surface area (Å²) in [6, 6.07) is 6.19. The minimum Gasteiger partial charge on any atom is -0.496 e. The van der Waals surface area contributed by atoms with Crippen LogP contribution in [-0.4, -0.2) is 25.4 Å². The van der Waals surface area contributed by atoms with Crippen molar-refractivity contribution in [1.82, 2.24) is 0 Å². The molecule has 3 nitrogen and oxygen atoms in total. The first kappa shape index (κ1) is 14.4. The number of nitrogens with two attached hydrogens (primary N) is 1. The van der Waals surface area contributed by atoms with Gasteiger partial charge in [0.15, 0.2) is 0 Å². The van der Waals surface area contributed by atoms with E-state index in [4.69, 9.17) is 10.5 Å². The molecule has 0 spiro atoms. The highest BCUT2D eigenvalue weighted by Crippen LogP contribution is 2.42. The van der Waals surface area contributed by atoms with Gasteiger partial charge in [0.05, 0.1) is 13.7 Å². The largest absolute Gasteiger partial charge is 0.496 e. The summed E-state index contributed by atoms with van der Waals surface area (Å²) in [5.74, 6) is 1.65. The van der Waals surface area contributed by atoms with Crippen LogP contribution < -0.4 is 10.5 Å². The third kappa shape index (κ3) is 3.48. The molecule has 1 aliphatic rings. The first-order valence-electron chi connectivity index (χ1n) is 7.07. The number of aryl methyl sites for hydroxylation is 1. The van der Waals surface area contributed by atoms with Gasteiger partial charge in [0.1, 0.15) is 5.75 Å². The second kappa shape index (κ2) is 5.93. The molecule has 1 fully saturated rings. The molecule has 3 N–H and O–H groups in total. The predicted octanol–water partition coefficient (Wildman–Crippen LogP) is 2.28. The molecular weight excluding hydrogens is 238 g/mol. The lowest BCUT2D eigenvalue weighted by molar-refractivity contribution is 0.115. The highest BCUT2D eigenvalue weighted by Gasteiger charge is 2.36. The fraction of sp³-hybridized carbons (Fsp3) is 0.625. The lowest BCUT2D eigenvalue weighted by atomic mass is 9.77. The van der Waals surface area contributed by atoms with Gasteiger partial charge in [-0.15, -0.1) is 0 Å². The van der Waals surface area contributed by atoms with Gasteiger partial charge < -0.3 is 15.6 Å². The van der Waals surface area contributed by atoms with Crippen LogP contribution in [0.1, 0.15) is 30.4 Å². The van der Waals surface area contributed by atoms with E-state index in [-0.39, 0.29) is 12.0 Å². The minimum absolute atomic E-state index is 0.150. The van der Waals surface area contributed by atoms with Gasteiger partial charge in [-0.25, -0.2) is 0 Å². The first-order valence-corrected chi connectivity index (χ1v) is 7.07. The number of hydrogen-bond acceptors (Lipinski definition) is 3. The summed E-state index contributed by atoms with van der Waals surface area (Å²) in [5.41, 5.74) is 8.15. The van der Waals surface area contributed by atoms with Crippen molar-refractivity contribution < 1.29 is 9.84 Å². The molecule has 0 bridgehead atoms. The molecule has 1 unspecified atom stereocenters. The van der Waals surface area contributed by atoms with Crippen molar-refractivity contribution in [2.45, 2.75) is 32.6 Å². The average Bonchev–Trinajstić information content (AvgIpc) is 3.22. The molecule has 0 aliphatic heterocycles. The smallest absolute Gasteiger partial charge is 0.122 e. The second-order valence-corrected chi connectivity index (χ2v) is 6.00. The molecule has 1 aromatic rings. The standard InChI is InChI=1S/C16H25NO2/c1-12-3-6-15(19-2)14(7-12)9-16(10-17,11-18)8-13-4-5-13/h3,6-7,13,18H,4-5,8-11,17H2,1-2H3. The maximum atomic E-state index is 9.83. The molecule has 2 rings (SSSR count). The Labute approximate surface area is 115 Å². The summed E-state index contributed by atoms with van der Waals surface area (Å²) in [6.45, 7) is 2.75. The zero-order valence-corrected chi connectivity index (χ0v) is 12.0. The lowest BCUT2D eigenvalue weighted by Crippen LogP contribution is -2.37. The molecular formula is C16H25NO2. The Morgan fingerprint density at radius 3 is 2.68 bits per heavy atom. The maximum Gasteiger partial charge on any atom is 0.122 e. The van der Waals surface area contributed by atoms with Gasteiger partial charge in [-0.1, -0.05) is 30.5 Å². The third-order valence-electron chi connectivity index (χ3n) is 4.19. The van der Waals surface area contributed by atoms with E-state index >= 15 is 0 Å². The van der Waals surface area contributed by atoms with E-state index in [2.05, 4.69) is 13.0 Å². The molecule has 0 heterocycles. The summed E-state index contributed by atoms with van der Waals surface area (Å²) in [5, 5.41) is 9.83. The van der Waals surface area contributed by atoms with Crippen LogP contribution in [0.15, 0.2) is 18.2 Å². The number of methoxy groups -OCH3 is 1. The highest BCUT2D eigenvalue weighted by atomic mass is 16.5. The van der Waals surface area contributed by atoms with Crippen molar-refractivity contribution in [3.05, 3.63) is 29.3 Å². The van der Waals surface area contributed by atoms with Crippen LogP contribution in [0.2, 0.25) is 0 Å². The van der Waals surface area contributed by atoms with Gasteiger partial charge in [-0.05, 0) is 37.3 Å². The van der Waals surface area contributed by atoms with Gasteiger partial charge in [0.2, 0.25) is 0 Å². The molecule has 19 heavy (non-hydrogen) atoms. The first-order chi connectivity index (χ1) is 9.12. The molecule has 0 amide bonds. The zero-order chi connectivity index (χ0) is 13.9. The predicted molar refractivity (Wildman–Crippen MR) is 77.3 cm³/mol. The van der Waals surface area contributed by atoms with Crippen LogP contribution >= 0.6 is 0 Å². The van der Waals surface area contributed by atoms with Crippen LogP contribution in [0.4, 0.5) is 0 Å². The Balaban J connectivity index is 2.22. The monoisotopic (exact) mass is 263 g/mol. The van der Waals surface area contributed by atoms with E-state index in [1.807, 2.05) is 12.1 Å². The molecule has 1 aliphatic carbocycles. The Kier molecular flexibility index (Phi) is 4.48. The van der Waals surface area contributed by atoms with Gasteiger partial charge in [-0.3, -0.25) is 0 Å². The normalized spacial score (nSPS) is 18.1. The number of rotatable bonds is 7. The van der Waals surface area contributed by atoms with E-state index in [1.54, 1.807) is 7.11 Å². The van der Waals surface area contributed by atoms with Gasteiger partial charge in [0, 0.05) is 12.0 Å². The van der Waals surface area contributed by atoms with Gasteiger partial charge in [-0.2, -0.15) is 0 Å². The van der Waals surface area contributed by atoms with Crippen molar-refractivity contribution in [3.8, 4) is 5.75 Å². The third-order valence-corrected chi connectivity index (χ3v) is 4.19. The van der Waals surface area contributed by atoms with Gasteiger partial charge in [0.25, 0.3) is 0 Å². The van der Waals surface area contributed by atoms with Crippen molar-refractivity contribution in [2.24, 2.45) is 17.1 Å². The summed E-state index contributed by atoms with van der Waals surface area (Å²) < 4.78 is 5.43. The summed E-state index contributed by atoms with van der Waals surface area (Å²) >= 11 is 0. The second-order valence-electron chi connectivity index (χ2n) is 6.00. The van der Waals surface area contributed by atoms with Gasteiger partial charge >= 0.3 is 0 Å². The van der Waals surface area contributed by atoms with E-state index in [9.17, 15) is 5.11 Å². The SMILES string of the molecule is COc1ccc(C)cc1CC(CN)(CO)CC1CC1. The lowest BCUT2D eigenvalue weighted by Gasteiger charge is -2.31. The minimum atomic E-state index is -0.192.